The third-order valence-electron chi connectivity index (χ3n) is 4.42. The Hall–Kier alpha value is -2.63. The highest BCUT2D eigenvalue weighted by atomic mass is 16.2. The van der Waals surface area contributed by atoms with E-state index in [-0.39, 0.29) is 11.9 Å². The van der Waals surface area contributed by atoms with Crippen LogP contribution in [0.15, 0.2) is 43.0 Å². The summed E-state index contributed by atoms with van der Waals surface area (Å²) in [5.41, 5.74) is 1.98. The van der Waals surface area contributed by atoms with Crippen LogP contribution in [0.3, 0.4) is 0 Å². The average Bonchev–Trinajstić information content (AvgIpc) is 3.23. The fourth-order valence-corrected chi connectivity index (χ4v) is 3.27. The fraction of sp³-hybridized carbons (Fsp3) is 0.353. The Morgan fingerprint density at radius 2 is 2.22 bits per heavy atom. The number of nitrogens with zero attached hydrogens (tertiary/aromatic N) is 4. The number of fused-ring (bicyclic) bond motifs is 1. The molecule has 1 atom stereocenters. The summed E-state index contributed by atoms with van der Waals surface area (Å²) in [5, 5.41) is 0. The lowest BCUT2D eigenvalue weighted by Crippen LogP contribution is -2.40. The summed E-state index contributed by atoms with van der Waals surface area (Å²) >= 11 is 0. The van der Waals surface area contributed by atoms with Crippen LogP contribution in [0.1, 0.15) is 31.1 Å². The van der Waals surface area contributed by atoms with Gasteiger partial charge in [-0.05, 0) is 31.4 Å². The summed E-state index contributed by atoms with van der Waals surface area (Å²) in [7, 11) is 0. The predicted octanol–water partition coefficient (Wildman–Crippen LogP) is 2.51. The van der Waals surface area contributed by atoms with E-state index in [1.54, 1.807) is 12.5 Å². The molecule has 118 valence electrons. The number of piperidine rings is 1. The summed E-state index contributed by atoms with van der Waals surface area (Å²) in [4.78, 5) is 26.7. The average molecular weight is 309 g/mol. The molecule has 1 N–H and O–H groups in total. The highest BCUT2D eigenvalue weighted by Crippen LogP contribution is 2.30. The van der Waals surface area contributed by atoms with Gasteiger partial charge in [0.05, 0.1) is 23.4 Å². The number of H-pyrrole nitrogens is 1. The molecule has 1 saturated heterocycles. The number of benzene rings is 1. The van der Waals surface area contributed by atoms with Crippen molar-refractivity contribution in [2.45, 2.75) is 31.8 Å². The molecule has 2 aromatic heterocycles. The zero-order chi connectivity index (χ0) is 15.6. The van der Waals surface area contributed by atoms with E-state index < -0.39 is 0 Å². The van der Waals surface area contributed by atoms with Crippen molar-refractivity contribution in [3.8, 4) is 0 Å². The molecular weight excluding hydrogens is 290 g/mol. The van der Waals surface area contributed by atoms with Crippen LogP contribution in [0.2, 0.25) is 0 Å². The standard InChI is InChI=1S/C17H19N5O/c23-16(11-21-10-8-18-12-21)22-9-4-3-7-15(22)17-19-13-5-1-2-6-14(13)20-17/h1-2,5-6,8,10,12,15H,3-4,7,9,11H2,(H,19,20)/t15-/m1/s1. The predicted molar refractivity (Wildman–Crippen MR) is 86.6 cm³/mol. The van der Waals surface area contributed by atoms with Crippen molar-refractivity contribution < 1.29 is 4.79 Å². The zero-order valence-electron chi connectivity index (χ0n) is 12.9. The van der Waals surface area contributed by atoms with Crippen molar-refractivity contribution in [3.05, 3.63) is 48.8 Å². The Morgan fingerprint density at radius 1 is 1.30 bits per heavy atom. The lowest BCUT2D eigenvalue weighted by atomic mass is 10.0. The number of likely N-dealkylation sites (tertiary alicyclic amines) is 1. The molecular formula is C17H19N5O. The topological polar surface area (TPSA) is 66.8 Å². The fourth-order valence-electron chi connectivity index (χ4n) is 3.27. The largest absolute Gasteiger partial charge is 0.340 e. The van der Waals surface area contributed by atoms with Crippen LogP contribution in [0.4, 0.5) is 0 Å². The monoisotopic (exact) mass is 309 g/mol. The molecule has 3 aromatic rings. The van der Waals surface area contributed by atoms with Crippen LogP contribution in [-0.2, 0) is 11.3 Å². The second-order valence-electron chi connectivity index (χ2n) is 5.97. The van der Waals surface area contributed by atoms with Crippen molar-refractivity contribution in [3.63, 3.8) is 0 Å². The van der Waals surface area contributed by atoms with Gasteiger partial charge in [-0.25, -0.2) is 9.97 Å². The van der Waals surface area contributed by atoms with Gasteiger partial charge in [0, 0.05) is 18.9 Å². The summed E-state index contributed by atoms with van der Waals surface area (Å²) < 4.78 is 1.81. The van der Waals surface area contributed by atoms with E-state index >= 15 is 0 Å². The van der Waals surface area contributed by atoms with Crippen molar-refractivity contribution in [2.75, 3.05) is 6.54 Å². The minimum atomic E-state index is 0.0344. The normalized spacial score (nSPS) is 18.4. The Labute approximate surface area is 134 Å². The van der Waals surface area contributed by atoms with E-state index in [9.17, 15) is 4.79 Å². The molecule has 0 aliphatic carbocycles. The van der Waals surface area contributed by atoms with E-state index in [1.807, 2.05) is 39.9 Å². The van der Waals surface area contributed by atoms with E-state index in [2.05, 4.69) is 9.97 Å². The Morgan fingerprint density at radius 3 is 3.04 bits per heavy atom. The van der Waals surface area contributed by atoms with Gasteiger partial charge in [0.1, 0.15) is 12.4 Å². The summed E-state index contributed by atoms with van der Waals surface area (Å²) in [6.07, 6.45) is 8.31. The van der Waals surface area contributed by atoms with E-state index in [0.29, 0.717) is 6.54 Å². The minimum Gasteiger partial charge on any atom is -0.340 e. The second kappa shape index (κ2) is 5.87. The smallest absolute Gasteiger partial charge is 0.243 e. The van der Waals surface area contributed by atoms with Crippen molar-refractivity contribution in [1.29, 1.82) is 0 Å². The first-order chi connectivity index (χ1) is 11.3. The van der Waals surface area contributed by atoms with Crippen LogP contribution in [0, 0.1) is 0 Å². The van der Waals surface area contributed by atoms with Crippen LogP contribution in [-0.4, -0.2) is 36.9 Å². The van der Waals surface area contributed by atoms with Gasteiger partial charge in [-0.2, -0.15) is 0 Å². The van der Waals surface area contributed by atoms with Gasteiger partial charge >= 0.3 is 0 Å². The molecule has 0 bridgehead atoms. The highest BCUT2D eigenvalue weighted by Gasteiger charge is 2.30. The number of hydrogen-bond donors (Lipinski definition) is 1. The van der Waals surface area contributed by atoms with Crippen molar-refractivity contribution in [1.82, 2.24) is 24.4 Å². The number of rotatable bonds is 3. The van der Waals surface area contributed by atoms with Gasteiger partial charge < -0.3 is 14.5 Å². The molecule has 1 aliphatic rings. The molecule has 0 unspecified atom stereocenters. The number of carbonyl (C=O) groups is 1. The molecule has 3 heterocycles. The van der Waals surface area contributed by atoms with Crippen molar-refractivity contribution >= 4 is 16.9 Å². The van der Waals surface area contributed by atoms with Gasteiger partial charge in [0.2, 0.25) is 5.91 Å². The molecule has 4 rings (SSSR count). The Bertz CT molecular complexity index is 774. The number of imidazole rings is 2. The first-order valence-electron chi connectivity index (χ1n) is 8.01. The minimum absolute atomic E-state index is 0.0344. The Kier molecular flexibility index (Phi) is 3.57. The molecule has 1 aromatic carbocycles. The van der Waals surface area contributed by atoms with Crippen LogP contribution < -0.4 is 0 Å². The lowest BCUT2D eigenvalue weighted by Gasteiger charge is -2.34. The number of nitrogens with one attached hydrogen (secondary N) is 1. The molecule has 0 radical (unpaired) electrons. The molecule has 0 saturated carbocycles. The van der Waals surface area contributed by atoms with Crippen molar-refractivity contribution in [2.24, 2.45) is 0 Å². The highest BCUT2D eigenvalue weighted by molar-refractivity contribution is 5.77. The second-order valence-corrected chi connectivity index (χ2v) is 5.97. The van der Waals surface area contributed by atoms with Gasteiger partial charge in [-0.15, -0.1) is 0 Å². The molecule has 6 nitrogen and oxygen atoms in total. The summed E-state index contributed by atoms with van der Waals surface area (Å²) in [6, 6.07) is 8.03. The Balaban J connectivity index is 1.60. The summed E-state index contributed by atoms with van der Waals surface area (Å²) in [5.74, 6) is 1.01. The number of para-hydroxylation sites is 2. The van der Waals surface area contributed by atoms with Gasteiger partial charge in [-0.3, -0.25) is 4.79 Å². The zero-order valence-corrected chi connectivity index (χ0v) is 12.9. The first-order valence-corrected chi connectivity index (χ1v) is 8.01. The van der Waals surface area contributed by atoms with Gasteiger partial charge in [0.15, 0.2) is 0 Å². The quantitative estimate of drug-likeness (QED) is 0.808. The van der Waals surface area contributed by atoms with Crippen LogP contribution in [0.5, 0.6) is 0 Å². The van der Waals surface area contributed by atoms with Crippen LogP contribution >= 0.6 is 0 Å². The number of aromatic amines is 1. The van der Waals surface area contributed by atoms with E-state index in [1.165, 1.54) is 0 Å². The SMILES string of the molecule is O=C(Cn1ccnc1)N1CCCC[C@@H]1c1nc2ccccc2[nH]1. The molecule has 6 heteroatoms. The number of aromatic nitrogens is 4. The maximum Gasteiger partial charge on any atom is 0.243 e. The van der Waals surface area contributed by atoms with E-state index in [0.717, 1.165) is 42.7 Å². The third kappa shape index (κ3) is 2.72. The lowest BCUT2D eigenvalue weighted by molar-refractivity contribution is -0.135. The van der Waals surface area contributed by atoms with Crippen LogP contribution in [0.25, 0.3) is 11.0 Å². The molecule has 1 aliphatic heterocycles. The van der Waals surface area contributed by atoms with Gasteiger partial charge in [0.25, 0.3) is 0 Å². The molecule has 0 spiro atoms. The number of carbonyl (C=O) groups excluding carboxylic acids is 1. The number of hydrogen-bond acceptors (Lipinski definition) is 3. The molecule has 1 fully saturated rings. The summed E-state index contributed by atoms with van der Waals surface area (Å²) in [6.45, 7) is 1.12. The number of amides is 1. The maximum absolute atomic E-state index is 12.7. The third-order valence-corrected chi connectivity index (χ3v) is 4.42. The first kappa shape index (κ1) is 14.0. The van der Waals surface area contributed by atoms with E-state index in [4.69, 9.17) is 4.98 Å². The maximum atomic E-state index is 12.7. The molecule has 23 heavy (non-hydrogen) atoms. The molecule has 1 amide bonds. The van der Waals surface area contributed by atoms with Gasteiger partial charge in [-0.1, -0.05) is 12.1 Å².